The van der Waals surface area contributed by atoms with Gasteiger partial charge in [-0.2, -0.15) is 15.6 Å². The van der Waals surface area contributed by atoms with Crippen LogP contribution in [0.1, 0.15) is 13.3 Å². The number of epoxide rings is 1. The lowest BCUT2D eigenvalue weighted by Gasteiger charge is -2.36. The number of hydrogen-bond acceptors (Lipinski definition) is 10. The van der Waals surface area contributed by atoms with E-state index in [9.17, 15) is 0 Å². The molecule has 0 bridgehead atoms. The summed E-state index contributed by atoms with van der Waals surface area (Å²) in [6, 6.07) is 0. The van der Waals surface area contributed by atoms with E-state index in [0.717, 1.165) is 13.0 Å². The maximum absolute atomic E-state index is 8.55. The monoisotopic (exact) mass is 292 g/mol. The van der Waals surface area contributed by atoms with Gasteiger partial charge in [-0.1, -0.05) is 0 Å². The highest BCUT2D eigenvalue weighted by Crippen LogP contribution is 2.28. The van der Waals surface area contributed by atoms with Gasteiger partial charge in [-0.25, -0.2) is 0 Å². The number of aliphatic hydroxyl groups is 1. The number of rotatable bonds is 2. The summed E-state index contributed by atoms with van der Waals surface area (Å²) in [7, 11) is -10.8. The molecule has 1 heterocycles. The third kappa shape index (κ3) is 38.6. The molecule has 0 aromatic heterocycles. The molecule has 1 saturated heterocycles. The van der Waals surface area contributed by atoms with Gasteiger partial charge < -0.3 is 48.3 Å². The lowest BCUT2D eigenvalue weighted by Crippen LogP contribution is -2.24. The first-order valence-corrected chi connectivity index (χ1v) is 6.90. The van der Waals surface area contributed by atoms with Crippen molar-refractivity contribution in [3.8, 4) is 0 Å². The van der Waals surface area contributed by atoms with E-state index in [1.54, 1.807) is 0 Å². The molecular weight excluding hydrogens is 282 g/mol. The van der Waals surface area contributed by atoms with E-state index in [0.29, 0.717) is 0 Å². The molecule has 106 valence electrons. The molecule has 1 aliphatic heterocycles. The zero-order valence-electron chi connectivity index (χ0n) is 8.64. The van der Waals surface area contributed by atoms with Crippen LogP contribution in [-0.2, 0) is 13.9 Å². The topological polar surface area (TPSA) is 205 Å². The summed E-state index contributed by atoms with van der Waals surface area (Å²) >= 11 is 0. The van der Waals surface area contributed by atoms with Crippen molar-refractivity contribution < 1.29 is 48.3 Å². The van der Waals surface area contributed by atoms with Crippen molar-refractivity contribution in [3.05, 3.63) is 0 Å². The second-order valence-electron chi connectivity index (χ2n) is 3.11. The maximum Gasteiger partial charge on any atom is 0.0910 e. The van der Waals surface area contributed by atoms with Crippen LogP contribution in [0.3, 0.4) is 0 Å². The first-order valence-electron chi connectivity index (χ1n) is 3.98. The van der Waals surface area contributed by atoms with Crippen LogP contribution in [0.2, 0.25) is 0 Å². The summed E-state index contributed by atoms with van der Waals surface area (Å²) in [5.74, 6) is 0. The molecular formula is C5H10O10P2-6. The summed E-state index contributed by atoms with van der Waals surface area (Å²) in [5.41, 5.74) is 0.0503. The van der Waals surface area contributed by atoms with E-state index in [1.165, 1.54) is 0 Å². The molecule has 0 aliphatic carbocycles. The van der Waals surface area contributed by atoms with Crippen LogP contribution < -0.4 is 29.4 Å². The number of phosphoric acid groups is 2. The Morgan fingerprint density at radius 2 is 1.35 bits per heavy atom. The van der Waals surface area contributed by atoms with Crippen molar-refractivity contribution in [2.75, 3.05) is 13.2 Å². The lowest BCUT2D eigenvalue weighted by molar-refractivity contribution is -0.434. The SMILES string of the molecule is CC1(CCO)CO1.O=P([O-])([O-])[O-].O=P([O-])([O-])[O-]. The predicted molar refractivity (Wildman–Crippen MR) is 41.3 cm³/mol. The quantitative estimate of drug-likeness (QED) is 0.377. The molecule has 1 aliphatic rings. The van der Waals surface area contributed by atoms with Crippen molar-refractivity contribution in [2.24, 2.45) is 0 Å². The third-order valence-electron chi connectivity index (χ3n) is 1.28. The standard InChI is InChI=1S/C5H10O2.2H3O4P/c1-5(2-3-6)4-7-5;2*1-5(2,3)4/h6H,2-4H2,1H3;2*(H3,1,2,3,4)/p-6. The van der Waals surface area contributed by atoms with Crippen molar-refractivity contribution in [1.29, 1.82) is 0 Å². The molecule has 12 heteroatoms. The highest BCUT2D eigenvalue weighted by molar-refractivity contribution is 7.40. The van der Waals surface area contributed by atoms with Crippen LogP contribution in [0, 0.1) is 0 Å². The lowest BCUT2D eigenvalue weighted by atomic mass is 10.1. The van der Waals surface area contributed by atoms with Gasteiger partial charge in [0, 0.05) is 13.0 Å². The van der Waals surface area contributed by atoms with Gasteiger partial charge in [-0.15, -0.1) is 0 Å². The molecule has 1 rings (SSSR count). The smallest absolute Gasteiger partial charge is 0.0910 e. The van der Waals surface area contributed by atoms with Crippen LogP contribution in [0.25, 0.3) is 0 Å². The fourth-order valence-electron chi connectivity index (χ4n) is 0.504. The minimum Gasteiger partial charge on any atom is -0.822 e. The van der Waals surface area contributed by atoms with E-state index in [2.05, 4.69) is 0 Å². The molecule has 0 saturated carbocycles. The van der Waals surface area contributed by atoms with Gasteiger partial charge in [0.2, 0.25) is 0 Å². The third-order valence-corrected chi connectivity index (χ3v) is 1.28. The second kappa shape index (κ2) is 7.55. The number of ether oxygens (including phenoxy) is 1. The molecule has 1 atom stereocenters. The Morgan fingerprint density at radius 1 is 1.12 bits per heavy atom. The van der Waals surface area contributed by atoms with Gasteiger partial charge in [0.1, 0.15) is 0 Å². The maximum atomic E-state index is 8.55. The van der Waals surface area contributed by atoms with Gasteiger partial charge in [0.25, 0.3) is 0 Å². The van der Waals surface area contributed by atoms with Crippen LogP contribution in [0.5, 0.6) is 0 Å². The van der Waals surface area contributed by atoms with Crippen molar-refractivity contribution in [3.63, 3.8) is 0 Å². The molecule has 10 nitrogen and oxygen atoms in total. The number of aliphatic hydroxyl groups excluding tert-OH is 1. The summed E-state index contributed by atoms with van der Waals surface area (Å²) < 4.78 is 22.1. The van der Waals surface area contributed by atoms with E-state index in [-0.39, 0.29) is 12.2 Å². The van der Waals surface area contributed by atoms with E-state index in [1.807, 2.05) is 6.92 Å². The summed E-state index contributed by atoms with van der Waals surface area (Å²) in [4.78, 5) is 51.3. The Labute approximate surface area is 97.0 Å². The molecule has 0 amide bonds. The van der Waals surface area contributed by atoms with Crippen molar-refractivity contribution in [2.45, 2.75) is 18.9 Å². The summed E-state index contributed by atoms with van der Waals surface area (Å²) in [6.45, 7) is 3.08. The van der Waals surface area contributed by atoms with Crippen molar-refractivity contribution >= 4 is 15.6 Å². The molecule has 1 fully saturated rings. The first-order chi connectivity index (χ1) is 7.27. The first kappa shape index (κ1) is 19.5. The average molecular weight is 292 g/mol. The van der Waals surface area contributed by atoms with Gasteiger partial charge in [0.15, 0.2) is 0 Å². The van der Waals surface area contributed by atoms with E-state index in [4.69, 9.17) is 48.3 Å². The predicted octanol–water partition coefficient (Wildman–Crippen LogP) is -5.49. The Balaban J connectivity index is 0. The Hall–Kier alpha value is 0.140. The number of hydrogen-bond donors (Lipinski definition) is 1. The van der Waals surface area contributed by atoms with Gasteiger partial charge in [-0.3, -0.25) is 0 Å². The van der Waals surface area contributed by atoms with Crippen LogP contribution >= 0.6 is 15.6 Å². The molecule has 1 N–H and O–H groups in total. The minimum atomic E-state index is -5.39. The Bertz CT molecular complexity index is 251. The van der Waals surface area contributed by atoms with Crippen LogP contribution in [-0.4, -0.2) is 23.9 Å². The fourth-order valence-corrected chi connectivity index (χ4v) is 0.504. The molecule has 1 unspecified atom stereocenters. The highest BCUT2D eigenvalue weighted by Gasteiger charge is 2.37. The van der Waals surface area contributed by atoms with Crippen molar-refractivity contribution in [1.82, 2.24) is 0 Å². The Kier molecular flexibility index (Phi) is 8.65. The van der Waals surface area contributed by atoms with E-state index >= 15 is 0 Å². The largest absolute Gasteiger partial charge is 0.822 e. The second-order valence-corrected chi connectivity index (χ2v) is 4.90. The van der Waals surface area contributed by atoms with Crippen LogP contribution in [0.15, 0.2) is 0 Å². The molecule has 0 radical (unpaired) electrons. The van der Waals surface area contributed by atoms with Gasteiger partial charge >= 0.3 is 0 Å². The molecule has 0 spiro atoms. The normalized spacial score (nSPS) is 22.8. The van der Waals surface area contributed by atoms with Gasteiger partial charge in [-0.05, 0) is 6.92 Å². The van der Waals surface area contributed by atoms with Gasteiger partial charge in [0.05, 0.1) is 12.2 Å². The zero-order valence-corrected chi connectivity index (χ0v) is 10.4. The molecule has 0 aromatic carbocycles. The molecule has 17 heavy (non-hydrogen) atoms. The Morgan fingerprint density at radius 3 is 1.41 bits per heavy atom. The average Bonchev–Trinajstić information content (AvgIpc) is 2.60. The minimum absolute atomic E-state index is 0.0503. The summed E-state index contributed by atoms with van der Waals surface area (Å²) in [5, 5.41) is 8.36. The zero-order chi connectivity index (χ0) is 14.3. The van der Waals surface area contributed by atoms with Crippen LogP contribution in [0.4, 0.5) is 0 Å². The molecule has 0 aromatic rings. The fraction of sp³-hybridized carbons (Fsp3) is 1.00. The summed E-state index contributed by atoms with van der Waals surface area (Å²) in [6.07, 6.45) is 0.785. The van der Waals surface area contributed by atoms with E-state index < -0.39 is 15.6 Å². The highest BCUT2D eigenvalue weighted by atomic mass is 31.2.